The standard InChI is InChI=1S/C19H25N3O4S/c1-21(2)14-13-20-19(23)15-22(17-11-7-8-12-18(17)26-3)27(24,25)16-9-5-4-6-10-16/h4-12H,13-15H2,1-3H3,(H,20,23). The van der Waals surface area contributed by atoms with Crippen LogP contribution in [0.2, 0.25) is 0 Å². The summed E-state index contributed by atoms with van der Waals surface area (Å²) in [6.45, 7) is 0.744. The minimum Gasteiger partial charge on any atom is -0.495 e. The van der Waals surface area contributed by atoms with E-state index in [4.69, 9.17) is 4.74 Å². The lowest BCUT2D eigenvalue weighted by Crippen LogP contribution is -2.42. The Morgan fingerprint density at radius 2 is 1.67 bits per heavy atom. The zero-order chi connectivity index (χ0) is 19.9. The maximum atomic E-state index is 13.2. The monoisotopic (exact) mass is 391 g/mol. The molecule has 1 N–H and O–H groups in total. The molecular formula is C19H25N3O4S. The van der Waals surface area contributed by atoms with Crippen LogP contribution in [0.25, 0.3) is 0 Å². The van der Waals surface area contributed by atoms with Crippen molar-refractivity contribution in [2.75, 3.05) is 45.1 Å². The number of anilines is 1. The lowest BCUT2D eigenvalue weighted by Gasteiger charge is -2.25. The highest BCUT2D eigenvalue weighted by atomic mass is 32.2. The van der Waals surface area contributed by atoms with Gasteiger partial charge in [0, 0.05) is 13.1 Å². The van der Waals surface area contributed by atoms with E-state index in [9.17, 15) is 13.2 Å². The van der Waals surface area contributed by atoms with Gasteiger partial charge in [-0.2, -0.15) is 0 Å². The predicted octanol–water partition coefficient (Wildman–Crippen LogP) is 1.57. The van der Waals surface area contributed by atoms with Crippen molar-refractivity contribution in [3.05, 3.63) is 54.6 Å². The van der Waals surface area contributed by atoms with E-state index < -0.39 is 10.0 Å². The number of hydrogen-bond acceptors (Lipinski definition) is 5. The zero-order valence-corrected chi connectivity index (χ0v) is 16.6. The normalized spacial score (nSPS) is 11.3. The van der Waals surface area contributed by atoms with Crippen LogP contribution in [-0.4, -0.2) is 60.1 Å². The molecule has 0 aromatic heterocycles. The molecule has 2 aromatic carbocycles. The van der Waals surface area contributed by atoms with E-state index in [1.54, 1.807) is 42.5 Å². The first-order valence-electron chi connectivity index (χ1n) is 8.48. The summed E-state index contributed by atoms with van der Waals surface area (Å²) in [5.74, 6) is -0.0136. The van der Waals surface area contributed by atoms with Crippen LogP contribution < -0.4 is 14.4 Å². The van der Waals surface area contributed by atoms with Gasteiger partial charge in [-0.15, -0.1) is 0 Å². The van der Waals surface area contributed by atoms with Crippen molar-refractivity contribution >= 4 is 21.6 Å². The smallest absolute Gasteiger partial charge is 0.264 e. The number of hydrogen-bond donors (Lipinski definition) is 1. The second-order valence-electron chi connectivity index (χ2n) is 6.15. The molecule has 0 aliphatic carbocycles. The van der Waals surface area contributed by atoms with Gasteiger partial charge in [-0.1, -0.05) is 30.3 Å². The molecule has 2 aromatic rings. The third-order valence-corrected chi connectivity index (χ3v) is 5.63. The Balaban J connectivity index is 2.36. The van der Waals surface area contributed by atoms with Gasteiger partial charge in [0.1, 0.15) is 12.3 Å². The van der Waals surface area contributed by atoms with E-state index in [2.05, 4.69) is 5.32 Å². The number of para-hydroxylation sites is 2. The van der Waals surface area contributed by atoms with Gasteiger partial charge in [0.15, 0.2) is 0 Å². The summed E-state index contributed by atoms with van der Waals surface area (Å²) in [6, 6.07) is 14.8. The maximum absolute atomic E-state index is 13.2. The Bertz CT molecular complexity index is 854. The number of nitrogens with one attached hydrogen (secondary N) is 1. The second kappa shape index (κ2) is 9.38. The number of carbonyl (C=O) groups excluding carboxylic acids is 1. The third kappa shape index (κ3) is 5.45. The van der Waals surface area contributed by atoms with E-state index in [1.807, 2.05) is 19.0 Å². The summed E-state index contributed by atoms with van der Waals surface area (Å²) in [6.07, 6.45) is 0. The van der Waals surface area contributed by atoms with Crippen LogP contribution in [0, 0.1) is 0 Å². The maximum Gasteiger partial charge on any atom is 0.264 e. The van der Waals surface area contributed by atoms with Crippen LogP contribution in [0.5, 0.6) is 5.75 Å². The van der Waals surface area contributed by atoms with E-state index in [1.165, 1.54) is 19.2 Å². The summed E-state index contributed by atoms with van der Waals surface area (Å²) in [5.41, 5.74) is 0.312. The number of likely N-dealkylation sites (N-methyl/N-ethyl adjacent to an activating group) is 1. The van der Waals surface area contributed by atoms with Gasteiger partial charge >= 0.3 is 0 Å². The summed E-state index contributed by atoms with van der Waals surface area (Å²) in [5, 5.41) is 2.75. The third-order valence-electron chi connectivity index (χ3n) is 3.85. The minimum atomic E-state index is -3.94. The lowest BCUT2D eigenvalue weighted by molar-refractivity contribution is -0.119. The molecule has 0 aliphatic rings. The average molecular weight is 391 g/mol. The van der Waals surface area contributed by atoms with Crippen LogP contribution in [0.1, 0.15) is 0 Å². The van der Waals surface area contributed by atoms with E-state index in [-0.39, 0.29) is 17.3 Å². The highest BCUT2D eigenvalue weighted by molar-refractivity contribution is 7.92. The van der Waals surface area contributed by atoms with E-state index >= 15 is 0 Å². The molecule has 8 heteroatoms. The van der Waals surface area contributed by atoms with Gasteiger partial charge < -0.3 is 15.0 Å². The number of methoxy groups -OCH3 is 1. The minimum absolute atomic E-state index is 0.108. The fraction of sp³-hybridized carbons (Fsp3) is 0.316. The molecule has 0 aliphatic heterocycles. The first kappa shape index (κ1) is 20.7. The highest BCUT2D eigenvalue weighted by Crippen LogP contribution is 2.31. The second-order valence-corrected chi connectivity index (χ2v) is 8.01. The first-order chi connectivity index (χ1) is 12.9. The van der Waals surface area contributed by atoms with Gasteiger partial charge in [0.05, 0.1) is 17.7 Å². The zero-order valence-electron chi connectivity index (χ0n) is 15.8. The van der Waals surface area contributed by atoms with Gasteiger partial charge in [0.2, 0.25) is 5.91 Å². The quantitative estimate of drug-likeness (QED) is 0.702. The number of sulfonamides is 1. The van der Waals surface area contributed by atoms with Gasteiger partial charge in [0.25, 0.3) is 10.0 Å². The van der Waals surface area contributed by atoms with E-state index in [0.717, 1.165) is 4.31 Å². The van der Waals surface area contributed by atoms with E-state index in [0.29, 0.717) is 24.5 Å². The molecule has 0 radical (unpaired) electrons. The van der Waals surface area contributed by atoms with Crippen molar-refractivity contribution < 1.29 is 17.9 Å². The van der Waals surface area contributed by atoms with Crippen molar-refractivity contribution in [3.63, 3.8) is 0 Å². The number of rotatable bonds is 9. The lowest BCUT2D eigenvalue weighted by atomic mass is 10.3. The van der Waals surface area contributed by atoms with Crippen molar-refractivity contribution in [1.29, 1.82) is 0 Å². The summed E-state index contributed by atoms with van der Waals surface area (Å²) in [4.78, 5) is 14.4. The molecule has 146 valence electrons. The average Bonchev–Trinajstić information content (AvgIpc) is 2.66. The van der Waals surface area contributed by atoms with Crippen molar-refractivity contribution in [1.82, 2.24) is 10.2 Å². The Morgan fingerprint density at radius 3 is 2.30 bits per heavy atom. The summed E-state index contributed by atoms with van der Waals surface area (Å²) in [7, 11) is 1.31. The number of carbonyl (C=O) groups is 1. The fourth-order valence-corrected chi connectivity index (χ4v) is 3.91. The van der Waals surface area contributed by atoms with Crippen LogP contribution in [0.3, 0.4) is 0 Å². The van der Waals surface area contributed by atoms with Crippen LogP contribution in [0.15, 0.2) is 59.5 Å². The Kier molecular flexibility index (Phi) is 7.20. The van der Waals surface area contributed by atoms with Gasteiger partial charge in [-0.05, 0) is 38.4 Å². The van der Waals surface area contributed by atoms with Crippen LogP contribution >= 0.6 is 0 Å². The molecule has 1 amide bonds. The molecule has 0 unspecified atom stereocenters. The fourth-order valence-electron chi connectivity index (χ4n) is 2.46. The SMILES string of the molecule is COc1ccccc1N(CC(=O)NCCN(C)C)S(=O)(=O)c1ccccc1. The van der Waals surface area contributed by atoms with Crippen molar-refractivity contribution in [2.45, 2.75) is 4.90 Å². The molecule has 2 rings (SSSR count). The van der Waals surface area contributed by atoms with Crippen molar-refractivity contribution in [3.8, 4) is 5.75 Å². The number of benzene rings is 2. The van der Waals surface area contributed by atoms with Crippen molar-refractivity contribution in [2.24, 2.45) is 0 Å². The van der Waals surface area contributed by atoms with Gasteiger partial charge in [-0.25, -0.2) is 8.42 Å². The molecule has 0 spiro atoms. The predicted molar refractivity (Wildman–Crippen MR) is 106 cm³/mol. The molecule has 0 heterocycles. The van der Waals surface area contributed by atoms with Crippen LogP contribution in [-0.2, 0) is 14.8 Å². The summed E-state index contributed by atoms with van der Waals surface area (Å²) >= 11 is 0. The molecule has 0 bridgehead atoms. The highest BCUT2D eigenvalue weighted by Gasteiger charge is 2.29. The topological polar surface area (TPSA) is 79.0 Å². The largest absolute Gasteiger partial charge is 0.495 e. The molecule has 7 nitrogen and oxygen atoms in total. The molecular weight excluding hydrogens is 366 g/mol. The molecule has 0 saturated carbocycles. The first-order valence-corrected chi connectivity index (χ1v) is 9.92. The molecule has 0 atom stereocenters. The number of amides is 1. The molecule has 0 fully saturated rings. The Hall–Kier alpha value is -2.58. The van der Waals surface area contributed by atoms with Crippen LogP contribution in [0.4, 0.5) is 5.69 Å². The number of nitrogens with zero attached hydrogens (tertiary/aromatic N) is 2. The summed E-state index contributed by atoms with van der Waals surface area (Å²) < 4.78 is 32.8. The molecule has 27 heavy (non-hydrogen) atoms. The number of ether oxygens (including phenoxy) is 1. The van der Waals surface area contributed by atoms with Gasteiger partial charge in [-0.3, -0.25) is 9.10 Å². The molecule has 0 saturated heterocycles. The Morgan fingerprint density at radius 1 is 1.04 bits per heavy atom. The Labute approximate surface area is 160 Å².